The summed E-state index contributed by atoms with van der Waals surface area (Å²) in [6, 6.07) is 2.13. The molecule has 2 atom stereocenters. The first kappa shape index (κ1) is 16.7. The molecule has 0 unspecified atom stereocenters. The van der Waals surface area contributed by atoms with Gasteiger partial charge in [-0.3, -0.25) is 0 Å². The van der Waals surface area contributed by atoms with E-state index in [4.69, 9.17) is 10.00 Å². The van der Waals surface area contributed by atoms with E-state index in [2.05, 4.69) is 33.4 Å². The van der Waals surface area contributed by atoms with Crippen molar-refractivity contribution in [3.8, 4) is 6.07 Å². The Bertz CT molecular complexity index is 707. The third-order valence-corrected chi connectivity index (χ3v) is 4.63. The van der Waals surface area contributed by atoms with E-state index in [1.807, 2.05) is 0 Å². The quantitative estimate of drug-likeness (QED) is 0.786. The van der Waals surface area contributed by atoms with Crippen LogP contribution in [0.15, 0.2) is 12.5 Å². The maximum atomic E-state index is 8.71. The zero-order chi connectivity index (χ0) is 16.8. The van der Waals surface area contributed by atoms with Crippen LogP contribution in [0.3, 0.4) is 0 Å². The molecule has 24 heavy (non-hydrogen) atoms. The van der Waals surface area contributed by atoms with Crippen molar-refractivity contribution in [2.75, 3.05) is 18.5 Å². The highest BCUT2D eigenvalue weighted by Crippen LogP contribution is 2.26. The number of hydrogen-bond acceptors (Lipinski definition) is 6. The number of nitrogens with one attached hydrogen (secondary N) is 1. The normalized spacial score (nSPS) is 20.8. The van der Waals surface area contributed by atoms with Crippen LogP contribution in [0.1, 0.15) is 39.0 Å². The molecule has 7 heteroatoms. The molecule has 1 N–H and O–H groups in total. The summed E-state index contributed by atoms with van der Waals surface area (Å²) in [5, 5.41) is 17.2. The van der Waals surface area contributed by atoms with Crippen LogP contribution in [0, 0.1) is 17.2 Å². The Kier molecular flexibility index (Phi) is 5.59. The van der Waals surface area contributed by atoms with E-state index in [1.165, 1.54) is 32.0 Å². The largest absolute Gasteiger partial charge is 0.376 e. The predicted molar refractivity (Wildman–Crippen MR) is 91.4 cm³/mol. The van der Waals surface area contributed by atoms with E-state index in [0.29, 0.717) is 38.1 Å². The minimum atomic E-state index is 0.389. The number of hydrogen-bond donors (Lipinski definition) is 1. The van der Waals surface area contributed by atoms with Crippen molar-refractivity contribution in [3.05, 3.63) is 12.5 Å². The zero-order valence-corrected chi connectivity index (χ0v) is 14.1. The molecule has 0 radical (unpaired) electrons. The second kappa shape index (κ2) is 8.06. The molecular weight excluding hydrogens is 304 g/mol. The molecule has 0 aliphatic heterocycles. The fraction of sp³-hybridized carbons (Fsp3) is 0.647. The van der Waals surface area contributed by atoms with Crippen LogP contribution < -0.4 is 5.32 Å². The van der Waals surface area contributed by atoms with Crippen molar-refractivity contribution >= 4 is 16.9 Å². The van der Waals surface area contributed by atoms with Gasteiger partial charge in [0.25, 0.3) is 0 Å². The maximum absolute atomic E-state index is 8.71. The first-order valence-electron chi connectivity index (χ1n) is 8.68. The summed E-state index contributed by atoms with van der Waals surface area (Å²) in [6.07, 6.45) is 9.12. The monoisotopic (exact) mass is 328 g/mol. The molecule has 3 rings (SSSR count). The zero-order valence-electron chi connectivity index (χ0n) is 14.1. The van der Waals surface area contributed by atoms with Gasteiger partial charge >= 0.3 is 0 Å². The van der Waals surface area contributed by atoms with Gasteiger partial charge in [-0.15, -0.1) is 0 Å². The second-order valence-electron chi connectivity index (χ2n) is 6.33. The number of nitriles is 1. The highest BCUT2D eigenvalue weighted by molar-refractivity contribution is 5.85. The lowest BCUT2D eigenvalue weighted by molar-refractivity contribution is 0.000380. The molecule has 0 bridgehead atoms. The van der Waals surface area contributed by atoms with Crippen molar-refractivity contribution in [2.24, 2.45) is 5.92 Å². The Morgan fingerprint density at radius 3 is 3.08 bits per heavy atom. The van der Waals surface area contributed by atoms with E-state index in [0.717, 1.165) is 16.9 Å². The number of anilines is 1. The third-order valence-electron chi connectivity index (χ3n) is 4.63. The Balaban J connectivity index is 1.55. The lowest BCUT2D eigenvalue weighted by atomic mass is 9.88. The van der Waals surface area contributed by atoms with E-state index < -0.39 is 0 Å². The smallest absolute Gasteiger partial charge is 0.163 e. The molecule has 1 aliphatic carbocycles. The first-order chi connectivity index (χ1) is 11.8. The van der Waals surface area contributed by atoms with Crippen LogP contribution in [0.2, 0.25) is 0 Å². The molecule has 0 spiro atoms. The summed E-state index contributed by atoms with van der Waals surface area (Å²) >= 11 is 0. The van der Waals surface area contributed by atoms with Gasteiger partial charge in [-0.1, -0.05) is 19.8 Å². The second-order valence-corrected chi connectivity index (χ2v) is 6.33. The third kappa shape index (κ3) is 3.82. The summed E-state index contributed by atoms with van der Waals surface area (Å²) in [5.41, 5.74) is 0.754. The van der Waals surface area contributed by atoms with Gasteiger partial charge in [0.05, 0.1) is 43.3 Å². The maximum Gasteiger partial charge on any atom is 0.163 e. The number of rotatable bonds is 7. The number of aromatic nitrogens is 4. The fourth-order valence-electron chi connectivity index (χ4n) is 3.26. The van der Waals surface area contributed by atoms with Crippen molar-refractivity contribution in [2.45, 2.75) is 51.7 Å². The Morgan fingerprint density at radius 2 is 2.25 bits per heavy atom. The Labute approximate surface area is 142 Å². The van der Waals surface area contributed by atoms with Crippen LogP contribution in [-0.2, 0) is 11.3 Å². The molecule has 1 fully saturated rings. The van der Waals surface area contributed by atoms with Gasteiger partial charge in [0, 0.05) is 6.54 Å². The minimum Gasteiger partial charge on any atom is -0.376 e. The summed E-state index contributed by atoms with van der Waals surface area (Å²) < 4.78 is 7.77. The van der Waals surface area contributed by atoms with Crippen molar-refractivity contribution < 1.29 is 4.74 Å². The highest BCUT2D eigenvalue weighted by Gasteiger charge is 2.21. The molecule has 0 aromatic carbocycles. The average molecular weight is 328 g/mol. The molecule has 2 aromatic rings. The van der Waals surface area contributed by atoms with Gasteiger partial charge in [0.2, 0.25) is 0 Å². The fourth-order valence-corrected chi connectivity index (χ4v) is 3.26. The van der Waals surface area contributed by atoms with Crippen LogP contribution >= 0.6 is 0 Å². The van der Waals surface area contributed by atoms with Crippen LogP contribution in [0.4, 0.5) is 5.82 Å². The molecule has 128 valence electrons. The summed E-state index contributed by atoms with van der Waals surface area (Å²) in [5.74, 6) is 1.42. The molecule has 2 aromatic heterocycles. The van der Waals surface area contributed by atoms with E-state index in [-0.39, 0.29) is 0 Å². The SMILES string of the molecule is C[C@H]1CCCC[C@H]1OCCNc1ncnc2c1cnn2CCC#N. The summed E-state index contributed by atoms with van der Waals surface area (Å²) in [4.78, 5) is 8.58. The molecule has 0 amide bonds. The number of ether oxygens (including phenoxy) is 1. The summed E-state index contributed by atoms with van der Waals surface area (Å²) in [7, 11) is 0. The lowest BCUT2D eigenvalue weighted by Gasteiger charge is -2.28. The lowest BCUT2D eigenvalue weighted by Crippen LogP contribution is -2.27. The predicted octanol–water partition coefficient (Wildman–Crippen LogP) is 2.75. The first-order valence-corrected chi connectivity index (χ1v) is 8.68. The minimum absolute atomic E-state index is 0.389. The Hall–Kier alpha value is -2.20. The van der Waals surface area contributed by atoms with E-state index in [9.17, 15) is 0 Å². The van der Waals surface area contributed by atoms with Gasteiger partial charge in [-0.25, -0.2) is 14.6 Å². The van der Waals surface area contributed by atoms with Crippen LogP contribution in [0.5, 0.6) is 0 Å². The molecule has 1 saturated carbocycles. The van der Waals surface area contributed by atoms with Crippen molar-refractivity contribution in [3.63, 3.8) is 0 Å². The highest BCUT2D eigenvalue weighted by atomic mass is 16.5. The van der Waals surface area contributed by atoms with Crippen LogP contribution in [0.25, 0.3) is 11.0 Å². The molecule has 2 heterocycles. The molecule has 0 saturated heterocycles. The number of aryl methyl sites for hydroxylation is 1. The standard InChI is InChI=1S/C17H24N6O/c1-13-5-2-3-6-15(13)24-10-8-19-16-14-11-22-23(9-4-7-18)17(14)21-12-20-16/h11-13,15H,2-6,8-10H2,1H3,(H,19,20,21)/t13-,15+/m0/s1. The van der Waals surface area contributed by atoms with Gasteiger partial charge in [0.15, 0.2) is 5.65 Å². The van der Waals surface area contributed by atoms with Gasteiger partial charge < -0.3 is 10.1 Å². The molecule has 7 nitrogen and oxygen atoms in total. The van der Waals surface area contributed by atoms with Gasteiger partial charge in [0.1, 0.15) is 12.1 Å². The molecule has 1 aliphatic rings. The Morgan fingerprint density at radius 1 is 1.38 bits per heavy atom. The van der Waals surface area contributed by atoms with E-state index in [1.54, 1.807) is 10.9 Å². The topological polar surface area (TPSA) is 88.7 Å². The van der Waals surface area contributed by atoms with Gasteiger partial charge in [-0.2, -0.15) is 10.4 Å². The van der Waals surface area contributed by atoms with Gasteiger partial charge in [-0.05, 0) is 18.8 Å². The number of fused-ring (bicyclic) bond motifs is 1. The van der Waals surface area contributed by atoms with Crippen molar-refractivity contribution in [1.82, 2.24) is 19.7 Å². The number of nitrogens with zero attached hydrogens (tertiary/aromatic N) is 5. The van der Waals surface area contributed by atoms with E-state index >= 15 is 0 Å². The van der Waals surface area contributed by atoms with Crippen molar-refractivity contribution in [1.29, 1.82) is 5.26 Å². The average Bonchev–Trinajstić information content (AvgIpc) is 3.02. The summed E-state index contributed by atoms with van der Waals surface area (Å²) in [6.45, 7) is 4.20. The van der Waals surface area contributed by atoms with Crippen LogP contribution in [-0.4, -0.2) is 39.0 Å². The molecular formula is C17H24N6O.